The van der Waals surface area contributed by atoms with Gasteiger partial charge in [-0.1, -0.05) is 60.7 Å². The quantitative estimate of drug-likeness (QED) is 0.625. The highest BCUT2D eigenvalue weighted by Gasteiger charge is 2.46. The summed E-state index contributed by atoms with van der Waals surface area (Å²) in [6.45, 7) is 12.6. The Morgan fingerprint density at radius 2 is 1.55 bits per heavy atom. The minimum atomic E-state index is -1.03. The van der Waals surface area contributed by atoms with Crippen LogP contribution in [0.2, 0.25) is 0 Å². The van der Waals surface area contributed by atoms with Gasteiger partial charge in [0.1, 0.15) is 0 Å². The predicted octanol–water partition coefficient (Wildman–Crippen LogP) is 4.44. The van der Waals surface area contributed by atoms with Crippen LogP contribution in [0.3, 0.4) is 0 Å². The van der Waals surface area contributed by atoms with E-state index >= 15 is 0 Å². The summed E-state index contributed by atoms with van der Waals surface area (Å²) < 4.78 is 0. The molecule has 4 nitrogen and oxygen atoms in total. The van der Waals surface area contributed by atoms with Crippen LogP contribution in [0.15, 0.2) is 60.7 Å². The first-order chi connectivity index (χ1) is 14.8. The van der Waals surface area contributed by atoms with Crippen molar-refractivity contribution in [2.24, 2.45) is 5.92 Å². The van der Waals surface area contributed by atoms with Gasteiger partial charge in [-0.05, 0) is 64.8 Å². The van der Waals surface area contributed by atoms with Gasteiger partial charge in [-0.25, -0.2) is 0 Å². The molecule has 0 bridgehead atoms. The maximum absolute atomic E-state index is 11.8. The SMILES string of the molecule is CC(C)N(CCCN1CCC(O)(c2ccccc2)C(C(O)c2ccccc2)C1)C(C)C. The fourth-order valence-electron chi connectivity index (χ4n) is 5.16. The van der Waals surface area contributed by atoms with Gasteiger partial charge in [-0.2, -0.15) is 0 Å². The Balaban J connectivity index is 1.75. The van der Waals surface area contributed by atoms with Crippen molar-refractivity contribution >= 4 is 0 Å². The summed E-state index contributed by atoms with van der Waals surface area (Å²) in [5.41, 5.74) is 0.740. The van der Waals surface area contributed by atoms with Gasteiger partial charge < -0.3 is 15.1 Å². The summed E-state index contributed by atoms with van der Waals surface area (Å²) in [6, 6.07) is 20.7. The Bertz CT molecular complexity index is 772. The van der Waals surface area contributed by atoms with Crippen LogP contribution in [0.25, 0.3) is 0 Å². The molecule has 31 heavy (non-hydrogen) atoms. The second-order valence-electron chi connectivity index (χ2n) is 9.58. The fourth-order valence-corrected chi connectivity index (χ4v) is 5.16. The molecule has 0 aliphatic carbocycles. The van der Waals surface area contributed by atoms with E-state index in [1.54, 1.807) is 0 Å². The molecule has 0 saturated carbocycles. The van der Waals surface area contributed by atoms with E-state index in [0.29, 0.717) is 25.0 Å². The first-order valence-electron chi connectivity index (χ1n) is 11.8. The van der Waals surface area contributed by atoms with E-state index < -0.39 is 11.7 Å². The highest BCUT2D eigenvalue weighted by molar-refractivity contribution is 5.27. The maximum Gasteiger partial charge on any atom is 0.0977 e. The van der Waals surface area contributed by atoms with Gasteiger partial charge in [-0.15, -0.1) is 0 Å². The minimum absolute atomic E-state index is 0.280. The molecule has 3 unspecified atom stereocenters. The first kappa shape index (κ1) is 23.9. The molecule has 1 heterocycles. The molecular weight excluding hydrogens is 384 g/mol. The van der Waals surface area contributed by atoms with E-state index in [0.717, 1.165) is 37.2 Å². The number of rotatable bonds is 9. The van der Waals surface area contributed by atoms with Crippen LogP contribution in [-0.2, 0) is 5.60 Å². The first-order valence-corrected chi connectivity index (χ1v) is 11.8. The highest BCUT2D eigenvalue weighted by atomic mass is 16.3. The Hall–Kier alpha value is -1.72. The molecule has 2 N–H and O–H groups in total. The monoisotopic (exact) mass is 424 g/mol. The average Bonchev–Trinajstić information content (AvgIpc) is 2.78. The third-order valence-corrected chi connectivity index (χ3v) is 6.89. The molecule has 3 atom stereocenters. The van der Waals surface area contributed by atoms with E-state index in [-0.39, 0.29) is 5.92 Å². The lowest BCUT2D eigenvalue weighted by Crippen LogP contribution is -2.52. The Morgan fingerprint density at radius 3 is 2.13 bits per heavy atom. The number of hydrogen-bond donors (Lipinski definition) is 2. The molecular formula is C27H40N2O2. The largest absolute Gasteiger partial charge is 0.388 e. The molecule has 0 radical (unpaired) electrons. The van der Waals surface area contributed by atoms with Crippen LogP contribution in [0.1, 0.15) is 57.8 Å². The van der Waals surface area contributed by atoms with E-state index in [9.17, 15) is 10.2 Å². The third-order valence-electron chi connectivity index (χ3n) is 6.89. The van der Waals surface area contributed by atoms with Crippen LogP contribution in [0.4, 0.5) is 0 Å². The fraction of sp³-hybridized carbons (Fsp3) is 0.556. The molecule has 2 aromatic rings. The van der Waals surface area contributed by atoms with Crippen LogP contribution >= 0.6 is 0 Å². The summed E-state index contributed by atoms with van der Waals surface area (Å²) in [4.78, 5) is 4.95. The molecule has 1 fully saturated rings. The number of benzene rings is 2. The predicted molar refractivity (Wildman–Crippen MR) is 128 cm³/mol. The topological polar surface area (TPSA) is 46.9 Å². The van der Waals surface area contributed by atoms with E-state index in [1.165, 1.54) is 0 Å². The molecule has 0 aromatic heterocycles. The zero-order valence-electron chi connectivity index (χ0n) is 19.6. The lowest BCUT2D eigenvalue weighted by molar-refractivity contribution is -0.122. The van der Waals surface area contributed by atoms with Crippen LogP contribution in [-0.4, -0.2) is 58.3 Å². The van der Waals surface area contributed by atoms with Crippen molar-refractivity contribution in [3.05, 3.63) is 71.8 Å². The second kappa shape index (κ2) is 10.7. The van der Waals surface area contributed by atoms with Crippen molar-refractivity contribution in [2.75, 3.05) is 26.2 Å². The third kappa shape index (κ3) is 5.75. The molecule has 2 aromatic carbocycles. The second-order valence-corrected chi connectivity index (χ2v) is 9.58. The van der Waals surface area contributed by atoms with Crippen molar-refractivity contribution < 1.29 is 10.2 Å². The molecule has 1 aliphatic rings. The van der Waals surface area contributed by atoms with Crippen molar-refractivity contribution in [1.29, 1.82) is 0 Å². The van der Waals surface area contributed by atoms with Gasteiger partial charge in [0.25, 0.3) is 0 Å². The number of nitrogens with zero attached hydrogens (tertiary/aromatic N) is 2. The number of likely N-dealkylation sites (tertiary alicyclic amines) is 1. The van der Waals surface area contributed by atoms with Crippen molar-refractivity contribution in [3.63, 3.8) is 0 Å². The summed E-state index contributed by atoms with van der Waals surface area (Å²) in [7, 11) is 0. The Labute approximate surface area is 188 Å². The van der Waals surface area contributed by atoms with Crippen LogP contribution in [0, 0.1) is 5.92 Å². The maximum atomic E-state index is 11.8. The van der Waals surface area contributed by atoms with E-state index in [4.69, 9.17) is 0 Å². The number of piperidine rings is 1. The molecule has 0 spiro atoms. The number of aliphatic hydroxyl groups is 2. The smallest absolute Gasteiger partial charge is 0.0977 e. The van der Waals surface area contributed by atoms with Gasteiger partial charge in [0.05, 0.1) is 11.7 Å². The molecule has 1 saturated heterocycles. The highest BCUT2D eigenvalue weighted by Crippen LogP contribution is 2.43. The Kier molecular flexibility index (Phi) is 8.29. The normalized spacial score (nSPS) is 23.6. The van der Waals surface area contributed by atoms with E-state index in [1.807, 2.05) is 60.7 Å². The van der Waals surface area contributed by atoms with Crippen molar-refractivity contribution in [1.82, 2.24) is 9.80 Å². The van der Waals surface area contributed by atoms with E-state index in [2.05, 4.69) is 37.5 Å². The lowest BCUT2D eigenvalue weighted by atomic mass is 9.72. The van der Waals surface area contributed by atoms with Gasteiger partial charge in [0.2, 0.25) is 0 Å². The van der Waals surface area contributed by atoms with Crippen LogP contribution in [0.5, 0.6) is 0 Å². The zero-order chi connectivity index (χ0) is 22.4. The molecule has 170 valence electrons. The summed E-state index contributed by atoms with van der Waals surface area (Å²) in [5, 5.41) is 23.1. The minimum Gasteiger partial charge on any atom is -0.388 e. The summed E-state index contributed by atoms with van der Waals surface area (Å²) >= 11 is 0. The van der Waals surface area contributed by atoms with Gasteiger partial charge in [0.15, 0.2) is 0 Å². The average molecular weight is 425 g/mol. The van der Waals surface area contributed by atoms with Gasteiger partial charge in [-0.3, -0.25) is 4.90 Å². The standard InChI is InChI=1S/C27H40N2O2/c1-21(2)29(22(3)4)18-11-17-28-19-16-27(31,24-14-9-6-10-15-24)25(20-28)26(30)23-12-7-5-8-13-23/h5-10,12-15,21-22,25-26,30-31H,11,16-20H2,1-4H3. The summed E-state index contributed by atoms with van der Waals surface area (Å²) in [6.07, 6.45) is 1.01. The lowest BCUT2D eigenvalue weighted by Gasteiger charge is -2.47. The summed E-state index contributed by atoms with van der Waals surface area (Å²) in [5.74, 6) is -0.280. The van der Waals surface area contributed by atoms with Crippen molar-refractivity contribution in [2.45, 2.75) is 64.3 Å². The molecule has 1 aliphatic heterocycles. The van der Waals surface area contributed by atoms with Gasteiger partial charge in [0, 0.05) is 31.1 Å². The Morgan fingerprint density at radius 1 is 0.968 bits per heavy atom. The van der Waals surface area contributed by atoms with Crippen molar-refractivity contribution in [3.8, 4) is 0 Å². The number of aliphatic hydroxyl groups excluding tert-OH is 1. The molecule has 3 rings (SSSR count). The van der Waals surface area contributed by atoms with Gasteiger partial charge >= 0.3 is 0 Å². The number of hydrogen-bond acceptors (Lipinski definition) is 4. The zero-order valence-corrected chi connectivity index (χ0v) is 19.6. The van der Waals surface area contributed by atoms with Crippen LogP contribution < -0.4 is 0 Å². The molecule has 4 heteroatoms. The molecule has 0 amide bonds.